The Kier molecular flexibility index (Phi) is 4.12. The maximum absolute atomic E-state index is 11.2. The van der Waals surface area contributed by atoms with Gasteiger partial charge in [0.25, 0.3) is 0 Å². The molecule has 0 spiro atoms. The van der Waals surface area contributed by atoms with Gasteiger partial charge in [0.1, 0.15) is 0 Å². The van der Waals surface area contributed by atoms with E-state index in [0.29, 0.717) is 13.1 Å². The first-order valence-corrected chi connectivity index (χ1v) is 4.57. The smallest absolute Gasteiger partial charge is 0.234 e. The van der Waals surface area contributed by atoms with Gasteiger partial charge in [-0.2, -0.15) is 0 Å². The summed E-state index contributed by atoms with van der Waals surface area (Å²) in [6.45, 7) is 1.08. The molecule has 1 aromatic rings. The lowest BCUT2D eigenvalue weighted by Gasteiger charge is -2.09. The summed E-state index contributed by atoms with van der Waals surface area (Å²) >= 11 is 0. The third-order valence-electron chi connectivity index (χ3n) is 1.73. The molecule has 0 fully saturated rings. The molecule has 0 radical (unpaired) electrons. The second-order valence-electron chi connectivity index (χ2n) is 3.41. The number of aromatic nitrogens is 2. The number of imidazole rings is 1. The molecule has 1 aromatic heterocycles. The van der Waals surface area contributed by atoms with Gasteiger partial charge in [0, 0.05) is 24.9 Å². The molecule has 0 saturated carbocycles. The average molecular weight is 196 g/mol. The third kappa shape index (κ3) is 4.04. The van der Waals surface area contributed by atoms with Crippen molar-refractivity contribution in [2.45, 2.75) is 6.42 Å². The lowest BCUT2D eigenvalue weighted by Crippen LogP contribution is -2.34. The minimum atomic E-state index is 0.0505. The highest BCUT2D eigenvalue weighted by atomic mass is 16.1. The zero-order valence-corrected chi connectivity index (χ0v) is 8.58. The van der Waals surface area contributed by atoms with Crippen LogP contribution in [-0.2, 0) is 11.2 Å². The molecule has 1 rings (SSSR count). The molecule has 2 N–H and O–H groups in total. The Hall–Kier alpha value is -1.36. The van der Waals surface area contributed by atoms with Gasteiger partial charge in [-0.1, -0.05) is 0 Å². The number of hydrogen-bond donors (Lipinski definition) is 2. The van der Waals surface area contributed by atoms with Gasteiger partial charge in [0.2, 0.25) is 5.91 Å². The largest absolute Gasteiger partial charge is 0.355 e. The number of nitrogens with zero attached hydrogens (tertiary/aromatic N) is 2. The molecule has 0 aliphatic carbocycles. The molecule has 5 heteroatoms. The second kappa shape index (κ2) is 5.39. The number of carbonyl (C=O) groups excluding carboxylic acids is 1. The van der Waals surface area contributed by atoms with Crippen molar-refractivity contribution in [2.24, 2.45) is 0 Å². The Balaban J connectivity index is 2.12. The molecule has 14 heavy (non-hydrogen) atoms. The van der Waals surface area contributed by atoms with Gasteiger partial charge in [-0.15, -0.1) is 0 Å². The standard InChI is InChI=1S/C9H16N4O/c1-13(2)6-9(14)11-4-3-8-5-10-7-12-8/h5,7H,3-4,6H2,1-2H3,(H,10,12)(H,11,14). The van der Waals surface area contributed by atoms with Gasteiger partial charge in [-0.3, -0.25) is 4.79 Å². The molecule has 0 unspecified atom stereocenters. The molecule has 5 nitrogen and oxygen atoms in total. The fraction of sp³-hybridized carbons (Fsp3) is 0.556. The van der Waals surface area contributed by atoms with Crippen LogP contribution in [0.3, 0.4) is 0 Å². The molecule has 0 atom stereocenters. The van der Waals surface area contributed by atoms with Crippen LogP contribution in [0.5, 0.6) is 0 Å². The van der Waals surface area contributed by atoms with Crippen LogP contribution < -0.4 is 5.32 Å². The first kappa shape index (κ1) is 10.7. The van der Waals surface area contributed by atoms with Crippen molar-refractivity contribution in [1.82, 2.24) is 20.2 Å². The number of nitrogens with one attached hydrogen (secondary N) is 2. The Morgan fingerprint density at radius 1 is 1.64 bits per heavy atom. The predicted molar refractivity (Wildman–Crippen MR) is 53.9 cm³/mol. The molecule has 0 aliphatic heterocycles. The number of amides is 1. The topological polar surface area (TPSA) is 61.0 Å². The summed E-state index contributed by atoms with van der Waals surface area (Å²) < 4.78 is 0. The van der Waals surface area contributed by atoms with Crippen LogP contribution in [0.25, 0.3) is 0 Å². The molecular formula is C9H16N4O. The Morgan fingerprint density at radius 3 is 3.00 bits per heavy atom. The van der Waals surface area contributed by atoms with Crippen molar-refractivity contribution >= 4 is 5.91 Å². The van der Waals surface area contributed by atoms with Crippen LogP contribution in [0.2, 0.25) is 0 Å². The van der Waals surface area contributed by atoms with Crippen molar-refractivity contribution in [3.8, 4) is 0 Å². The zero-order chi connectivity index (χ0) is 10.4. The second-order valence-corrected chi connectivity index (χ2v) is 3.41. The molecule has 0 saturated heterocycles. The minimum Gasteiger partial charge on any atom is -0.355 e. The highest BCUT2D eigenvalue weighted by Crippen LogP contribution is 1.90. The molecule has 0 aliphatic rings. The lowest BCUT2D eigenvalue weighted by atomic mass is 10.3. The first-order valence-electron chi connectivity index (χ1n) is 4.57. The summed E-state index contributed by atoms with van der Waals surface area (Å²) in [6, 6.07) is 0. The maximum Gasteiger partial charge on any atom is 0.234 e. The fourth-order valence-electron chi connectivity index (χ4n) is 1.10. The van der Waals surface area contributed by atoms with E-state index >= 15 is 0 Å². The van der Waals surface area contributed by atoms with Gasteiger partial charge in [-0.05, 0) is 14.1 Å². The van der Waals surface area contributed by atoms with Gasteiger partial charge in [0.15, 0.2) is 0 Å². The Morgan fingerprint density at radius 2 is 2.43 bits per heavy atom. The van der Waals surface area contributed by atoms with Gasteiger partial charge < -0.3 is 15.2 Å². The Labute approximate surface area is 83.5 Å². The van der Waals surface area contributed by atoms with Crippen molar-refractivity contribution in [1.29, 1.82) is 0 Å². The number of likely N-dealkylation sites (N-methyl/N-ethyl adjacent to an activating group) is 1. The van der Waals surface area contributed by atoms with Crippen molar-refractivity contribution in [2.75, 3.05) is 27.2 Å². The number of H-pyrrole nitrogens is 1. The molecule has 0 bridgehead atoms. The SMILES string of the molecule is CN(C)CC(=O)NCCc1cnc[nH]1. The summed E-state index contributed by atoms with van der Waals surface area (Å²) in [5.74, 6) is 0.0505. The van der Waals surface area contributed by atoms with E-state index in [4.69, 9.17) is 0 Å². The molecule has 0 aromatic carbocycles. The highest BCUT2D eigenvalue weighted by Gasteiger charge is 2.01. The fourth-order valence-corrected chi connectivity index (χ4v) is 1.10. The zero-order valence-electron chi connectivity index (χ0n) is 8.58. The van der Waals surface area contributed by atoms with Crippen molar-refractivity contribution < 1.29 is 4.79 Å². The van der Waals surface area contributed by atoms with Crippen LogP contribution in [-0.4, -0.2) is 48.0 Å². The van der Waals surface area contributed by atoms with E-state index in [9.17, 15) is 4.79 Å². The van der Waals surface area contributed by atoms with Crippen LogP contribution in [0, 0.1) is 0 Å². The van der Waals surface area contributed by atoms with Gasteiger partial charge >= 0.3 is 0 Å². The number of aromatic amines is 1. The van der Waals surface area contributed by atoms with E-state index < -0.39 is 0 Å². The van der Waals surface area contributed by atoms with Crippen LogP contribution >= 0.6 is 0 Å². The molecule has 1 heterocycles. The van der Waals surface area contributed by atoms with E-state index in [1.54, 1.807) is 12.5 Å². The number of rotatable bonds is 5. The van der Waals surface area contributed by atoms with Gasteiger partial charge in [0.05, 0.1) is 12.9 Å². The molecule has 1 amide bonds. The molecule has 78 valence electrons. The monoisotopic (exact) mass is 196 g/mol. The Bertz CT molecular complexity index is 268. The van der Waals surface area contributed by atoms with E-state index in [0.717, 1.165) is 12.1 Å². The average Bonchev–Trinajstić information content (AvgIpc) is 2.55. The summed E-state index contributed by atoms with van der Waals surface area (Å²) in [6.07, 6.45) is 4.19. The van der Waals surface area contributed by atoms with Crippen LogP contribution in [0.15, 0.2) is 12.5 Å². The lowest BCUT2D eigenvalue weighted by molar-refractivity contribution is -0.121. The minimum absolute atomic E-state index is 0.0505. The maximum atomic E-state index is 11.2. The van der Waals surface area contributed by atoms with Crippen molar-refractivity contribution in [3.05, 3.63) is 18.2 Å². The third-order valence-corrected chi connectivity index (χ3v) is 1.73. The van der Waals surface area contributed by atoms with E-state index in [-0.39, 0.29) is 5.91 Å². The number of hydrogen-bond acceptors (Lipinski definition) is 3. The van der Waals surface area contributed by atoms with E-state index in [1.165, 1.54) is 0 Å². The summed E-state index contributed by atoms with van der Waals surface area (Å²) in [5, 5.41) is 2.82. The van der Waals surface area contributed by atoms with Crippen LogP contribution in [0.4, 0.5) is 0 Å². The summed E-state index contributed by atoms with van der Waals surface area (Å²) in [7, 11) is 3.74. The predicted octanol–water partition coefficient (Wildman–Crippen LogP) is -0.370. The highest BCUT2D eigenvalue weighted by molar-refractivity contribution is 5.77. The summed E-state index contributed by atoms with van der Waals surface area (Å²) in [5.41, 5.74) is 1.04. The van der Waals surface area contributed by atoms with Crippen molar-refractivity contribution in [3.63, 3.8) is 0 Å². The van der Waals surface area contributed by atoms with Crippen LogP contribution in [0.1, 0.15) is 5.69 Å². The number of carbonyl (C=O) groups is 1. The molecular weight excluding hydrogens is 180 g/mol. The van der Waals surface area contributed by atoms with Gasteiger partial charge in [-0.25, -0.2) is 4.98 Å². The van der Waals surface area contributed by atoms with E-state index in [2.05, 4.69) is 15.3 Å². The normalized spacial score (nSPS) is 10.5. The first-order chi connectivity index (χ1) is 6.68. The summed E-state index contributed by atoms with van der Waals surface area (Å²) in [4.78, 5) is 19.9. The quantitative estimate of drug-likeness (QED) is 0.675. The van der Waals surface area contributed by atoms with E-state index in [1.807, 2.05) is 19.0 Å².